The molecule has 0 heterocycles. The number of nitrogens with zero attached hydrogens (tertiary/aromatic N) is 1. The molecule has 1 unspecified atom stereocenters. The third kappa shape index (κ3) is 3.56. The van der Waals surface area contributed by atoms with Crippen molar-refractivity contribution in [3.63, 3.8) is 0 Å². The number of benzene rings is 2. The first-order valence-electron chi connectivity index (χ1n) is 6.23. The second kappa shape index (κ2) is 6.94. The molecule has 108 valence electrons. The monoisotopic (exact) mass is 365 g/mol. The molecule has 0 bridgehead atoms. The van der Waals surface area contributed by atoms with Gasteiger partial charge in [-0.3, -0.25) is 0 Å². The first-order valence-corrected chi connectivity index (χ1v) is 7.43. The van der Waals surface area contributed by atoms with Gasteiger partial charge >= 0.3 is 0 Å². The molecule has 2 nitrogen and oxygen atoms in total. The molecule has 0 aliphatic heterocycles. The predicted molar refractivity (Wildman–Crippen MR) is 88.7 cm³/mol. The number of ether oxygens (including phenoxy) is 1. The van der Waals surface area contributed by atoms with E-state index in [4.69, 9.17) is 17.0 Å². The van der Waals surface area contributed by atoms with E-state index in [0.717, 1.165) is 22.4 Å². The largest absolute Gasteiger partial charge is 0.496 e. The van der Waals surface area contributed by atoms with Crippen molar-refractivity contribution in [2.45, 2.75) is 13.0 Å². The standard InChI is InChI=1S/C16H13BrFNOS/c1-10-7-11(4-6-15(10)20-2)16(19-9-21)12-3-5-14(18)13(17)8-12/h3-8,16H,1-2H3. The average molecular weight is 366 g/mol. The van der Waals surface area contributed by atoms with Crippen LogP contribution in [0.3, 0.4) is 0 Å². The van der Waals surface area contributed by atoms with Gasteiger partial charge in [-0.05, 0) is 76.0 Å². The van der Waals surface area contributed by atoms with Crippen LogP contribution in [0.1, 0.15) is 22.7 Å². The number of thiocarbonyl (C=S) groups is 1. The van der Waals surface area contributed by atoms with E-state index in [1.807, 2.05) is 25.1 Å². The topological polar surface area (TPSA) is 21.6 Å². The Kier molecular flexibility index (Phi) is 5.23. The van der Waals surface area contributed by atoms with Gasteiger partial charge in [-0.1, -0.05) is 12.1 Å². The van der Waals surface area contributed by atoms with Crippen LogP contribution in [0.25, 0.3) is 0 Å². The van der Waals surface area contributed by atoms with Gasteiger partial charge in [-0.2, -0.15) is 0 Å². The van der Waals surface area contributed by atoms with Crippen LogP contribution < -0.4 is 4.74 Å². The molecule has 0 aliphatic carbocycles. The highest BCUT2D eigenvalue weighted by Gasteiger charge is 2.15. The molecule has 0 saturated heterocycles. The fourth-order valence-corrected chi connectivity index (χ4v) is 2.65. The molecule has 0 amide bonds. The van der Waals surface area contributed by atoms with Gasteiger partial charge in [0.2, 0.25) is 0 Å². The maximum absolute atomic E-state index is 13.4. The SMILES string of the molecule is COc1ccc(C(N=C=S)c2ccc(F)c(Br)c2)cc1C. The van der Waals surface area contributed by atoms with Gasteiger partial charge in [0.25, 0.3) is 0 Å². The van der Waals surface area contributed by atoms with E-state index in [1.165, 1.54) is 6.07 Å². The van der Waals surface area contributed by atoms with Crippen LogP contribution in [0, 0.1) is 12.7 Å². The van der Waals surface area contributed by atoms with Gasteiger partial charge in [0.05, 0.1) is 16.7 Å². The first-order chi connectivity index (χ1) is 10.1. The molecule has 21 heavy (non-hydrogen) atoms. The molecular formula is C16H13BrFNOS. The molecule has 5 heteroatoms. The zero-order valence-electron chi connectivity index (χ0n) is 11.6. The smallest absolute Gasteiger partial charge is 0.137 e. The number of aliphatic imine (C=N–C) groups is 1. The molecule has 0 spiro atoms. The lowest BCUT2D eigenvalue weighted by Crippen LogP contribution is -2.00. The lowest BCUT2D eigenvalue weighted by molar-refractivity contribution is 0.411. The summed E-state index contributed by atoms with van der Waals surface area (Å²) in [7, 11) is 1.63. The van der Waals surface area contributed by atoms with Gasteiger partial charge in [0, 0.05) is 0 Å². The van der Waals surface area contributed by atoms with Crippen LogP contribution in [0.5, 0.6) is 5.75 Å². The van der Waals surface area contributed by atoms with Crippen molar-refractivity contribution in [1.29, 1.82) is 0 Å². The number of aryl methyl sites for hydroxylation is 1. The lowest BCUT2D eigenvalue weighted by atomic mass is 9.97. The van der Waals surface area contributed by atoms with Crippen molar-refractivity contribution in [3.8, 4) is 5.75 Å². The van der Waals surface area contributed by atoms with Crippen LogP contribution in [-0.4, -0.2) is 12.3 Å². The Hall–Kier alpha value is -1.55. The molecule has 0 aliphatic rings. The van der Waals surface area contributed by atoms with Crippen molar-refractivity contribution in [1.82, 2.24) is 0 Å². The second-order valence-electron chi connectivity index (χ2n) is 4.53. The molecule has 0 saturated carbocycles. The summed E-state index contributed by atoms with van der Waals surface area (Å²) in [4.78, 5) is 4.21. The molecule has 0 radical (unpaired) electrons. The summed E-state index contributed by atoms with van der Waals surface area (Å²) in [6.45, 7) is 1.96. The zero-order valence-corrected chi connectivity index (χ0v) is 14.0. The summed E-state index contributed by atoms with van der Waals surface area (Å²) < 4.78 is 19.0. The van der Waals surface area contributed by atoms with Crippen LogP contribution in [0.2, 0.25) is 0 Å². The van der Waals surface area contributed by atoms with Gasteiger partial charge in [0.15, 0.2) is 0 Å². The van der Waals surface area contributed by atoms with Gasteiger partial charge < -0.3 is 4.74 Å². The van der Waals surface area contributed by atoms with Gasteiger partial charge in [-0.25, -0.2) is 9.38 Å². The van der Waals surface area contributed by atoms with E-state index in [1.54, 1.807) is 19.2 Å². The number of hydrogen-bond acceptors (Lipinski definition) is 3. The molecule has 0 fully saturated rings. The summed E-state index contributed by atoms with van der Waals surface area (Å²) in [6.07, 6.45) is 0. The highest BCUT2D eigenvalue weighted by atomic mass is 79.9. The Morgan fingerprint density at radius 2 is 1.90 bits per heavy atom. The Morgan fingerprint density at radius 1 is 1.24 bits per heavy atom. The lowest BCUT2D eigenvalue weighted by Gasteiger charge is -2.15. The van der Waals surface area contributed by atoms with Crippen molar-refractivity contribution >= 4 is 33.3 Å². The molecule has 2 aromatic rings. The maximum atomic E-state index is 13.4. The van der Waals surface area contributed by atoms with E-state index in [-0.39, 0.29) is 11.9 Å². The third-order valence-electron chi connectivity index (χ3n) is 3.18. The van der Waals surface area contributed by atoms with Gasteiger partial charge in [-0.15, -0.1) is 0 Å². The summed E-state index contributed by atoms with van der Waals surface area (Å²) in [5.41, 5.74) is 2.79. The van der Waals surface area contributed by atoms with E-state index in [0.29, 0.717) is 4.47 Å². The highest BCUT2D eigenvalue weighted by Crippen LogP contribution is 2.31. The van der Waals surface area contributed by atoms with Crippen molar-refractivity contribution in [3.05, 3.63) is 63.4 Å². The maximum Gasteiger partial charge on any atom is 0.137 e. The average Bonchev–Trinajstić information content (AvgIpc) is 2.48. The minimum absolute atomic E-state index is 0.310. The summed E-state index contributed by atoms with van der Waals surface area (Å²) >= 11 is 7.93. The summed E-state index contributed by atoms with van der Waals surface area (Å²) in [6, 6.07) is 10.3. The van der Waals surface area contributed by atoms with E-state index in [2.05, 4.69) is 26.1 Å². The summed E-state index contributed by atoms with van der Waals surface area (Å²) in [5.74, 6) is 0.499. The molecule has 0 aromatic heterocycles. The number of isothiocyanates is 1. The fourth-order valence-electron chi connectivity index (χ4n) is 2.15. The number of methoxy groups -OCH3 is 1. The molecule has 1 atom stereocenters. The highest BCUT2D eigenvalue weighted by molar-refractivity contribution is 9.10. The molecule has 2 rings (SSSR count). The van der Waals surface area contributed by atoms with Crippen molar-refractivity contribution in [2.75, 3.05) is 7.11 Å². The van der Waals surface area contributed by atoms with Crippen LogP contribution in [0.4, 0.5) is 4.39 Å². The Balaban J connectivity index is 2.50. The minimum Gasteiger partial charge on any atom is -0.496 e. The minimum atomic E-state index is -0.316. The van der Waals surface area contributed by atoms with Crippen molar-refractivity contribution < 1.29 is 9.13 Å². The molecule has 0 N–H and O–H groups in total. The first kappa shape index (κ1) is 15.8. The Bertz CT molecular complexity index is 713. The van der Waals surface area contributed by atoms with Crippen LogP contribution >= 0.6 is 28.1 Å². The Morgan fingerprint density at radius 3 is 2.48 bits per heavy atom. The van der Waals surface area contributed by atoms with E-state index < -0.39 is 0 Å². The second-order valence-corrected chi connectivity index (χ2v) is 5.56. The van der Waals surface area contributed by atoms with Gasteiger partial charge in [0.1, 0.15) is 17.6 Å². The Labute approximate surface area is 136 Å². The number of halogens is 2. The van der Waals surface area contributed by atoms with E-state index in [9.17, 15) is 4.39 Å². The summed E-state index contributed by atoms with van der Waals surface area (Å²) in [5, 5.41) is 2.41. The molecule has 2 aromatic carbocycles. The van der Waals surface area contributed by atoms with Crippen LogP contribution in [0.15, 0.2) is 45.9 Å². The number of hydrogen-bond donors (Lipinski definition) is 0. The van der Waals surface area contributed by atoms with Crippen LogP contribution in [-0.2, 0) is 0 Å². The fraction of sp³-hybridized carbons (Fsp3) is 0.188. The zero-order chi connectivity index (χ0) is 15.4. The normalized spacial score (nSPS) is 11.6. The quantitative estimate of drug-likeness (QED) is 0.555. The molecular weight excluding hydrogens is 353 g/mol. The van der Waals surface area contributed by atoms with Crippen molar-refractivity contribution in [2.24, 2.45) is 4.99 Å². The predicted octanol–water partition coefficient (Wildman–Crippen LogP) is 5.10. The third-order valence-corrected chi connectivity index (χ3v) is 3.89. The van der Waals surface area contributed by atoms with E-state index >= 15 is 0 Å². The number of rotatable bonds is 4.